The Labute approximate surface area is 142 Å². The fourth-order valence-electron chi connectivity index (χ4n) is 4.10. The molecule has 2 heteroatoms. The molecule has 1 saturated carbocycles. The maximum Gasteiger partial charge on any atom is 0.0687 e. The lowest BCUT2D eigenvalue weighted by Crippen LogP contribution is -2.41. The quantitative estimate of drug-likeness (QED) is 0.613. The third kappa shape index (κ3) is 6.27. The van der Waals surface area contributed by atoms with Crippen LogP contribution in [0.4, 0.5) is 0 Å². The van der Waals surface area contributed by atoms with Crippen molar-refractivity contribution in [1.82, 2.24) is 5.32 Å². The van der Waals surface area contributed by atoms with E-state index in [-0.39, 0.29) is 0 Å². The maximum atomic E-state index is 11.1. The molecule has 0 saturated heterocycles. The summed E-state index contributed by atoms with van der Waals surface area (Å²) in [6.45, 7) is 4.19. The number of hydrogen-bond donors (Lipinski definition) is 2. The van der Waals surface area contributed by atoms with Crippen molar-refractivity contribution in [2.45, 2.75) is 76.7 Å². The van der Waals surface area contributed by atoms with Crippen LogP contribution >= 0.6 is 0 Å². The van der Waals surface area contributed by atoms with Crippen LogP contribution in [0, 0.1) is 5.92 Å². The molecule has 0 spiro atoms. The van der Waals surface area contributed by atoms with E-state index in [4.69, 9.17) is 0 Å². The van der Waals surface area contributed by atoms with Gasteiger partial charge in [0.1, 0.15) is 0 Å². The zero-order valence-corrected chi connectivity index (χ0v) is 14.9. The van der Waals surface area contributed by atoms with Crippen LogP contribution in [0.1, 0.15) is 70.3 Å². The van der Waals surface area contributed by atoms with Gasteiger partial charge in [-0.25, -0.2) is 0 Å². The van der Waals surface area contributed by atoms with Crippen molar-refractivity contribution in [3.63, 3.8) is 0 Å². The summed E-state index contributed by atoms with van der Waals surface area (Å²) < 4.78 is 0. The Bertz CT molecular complexity index is 413. The van der Waals surface area contributed by atoms with Gasteiger partial charge in [0.25, 0.3) is 0 Å². The summed E-state index contributed by atoms with van der Waals surface area (Å²) in [6, 6.07) is 10.7. The molecule has 0 aliphatic heterocycles. The molecule has 0 heterocycles. The van der Waals surface area contributed by atoms with Gasteiger partial charge in [-0.1, -0.05) is 62.9 Å². The molecule has 2 rings (SSSR count). The van der Waals surface area contributed by atoms with Crippen molar-refractivity contribution in [1.29, 1.82) is 0 Å². The van der Waals surface area contributed by atoms with E-state index in [1.165, 1.54) is 44.1 Å². The molecule has 1 fully saturated rings. The number of aryl methyl sites for hydroxylation is 1. The second-order valence-electron chi connectivity index (χ2n) is 7.28. The second kappa shape index (κ2) is 10.1. The normalized spacial score (nSPS) is 18.7. The predicted molar refractivity (Wildman–Crippen MR) is 98.7 cm³/mol. The van der Waals surface area contributed by atoms with Crippen LogP contribution in [-0.2, 0) is 6.42 Å². The average molecular weight is 318 g/mol. The monoisotopic (exact) mass is 317 g/mol. The largest absolute Gasteiger partial charge is 0.390 e. The summed E-state index contributed by atoms with van der Waals surface area (Å²) in [5.41, 5.74) is 0.987. The van der Waals surface area contributed by atoms with E-state index in [2.05, 4.69) is 42.6 Å². The molecule has 130 valence electrons. The van der Waals surface area contributed by atoms with Crippen molar-refractivity contribution in [2.24, 2.45) is 5.92 Å². The minimum Gasteiger partial charge on any atom is -0.390 e. The number of rotatable bonds is 10. The van der Waals surface area contributed by atoms with Gasteiger partial charge in [-0.05, 0) is 63.1 Å². The van der Waals surface area contributed by atoms with Crippen LogP contribution < -0.4 is 5.32 Å². The molecule has 2 N–H and O–H groups in total. The maximum absolute atomic E-state index is 11.1. The lowest BCUT2D eigenvalue weighted by Gasteiger charge is -2.39. The van der Waals surface area contributed by atoms with E-state index in [9.17, 15) is 5.11 Å². The van der Waals surface area contributed by atoms with Gasteiger partial charge in [-0.3, -0.25) is 0 Å². The number of benzene rings is 1. The van der Waals surface area contributed by atoms with E-state index >= 15 is 0 Å². The van der Waals surface area contributed by atoms with Crippen molar-refractivity contribution in [3.8, 4) is 0 Å². The van der Waals surface area contributed by atoms with Crippen molar-refractivity contribution < 1.29 is 5.11 Å². The molecule has 0 bridgehead atoms. The number of aliphatic hydroxyl groups is 1. The van der Waals surface area contributed by atoms with Crippen molar-refractivity contribution >= 4 is 0 Å². The highest BCUT2D eigenvalue weighted by atomic mass is 16.3. The van der Waals surface area contributed by atoms with Crippen LogP contribution in [0.25, 0.3) is 0 Å². The van der Waals surface area contributed by atoms with Gasteiger partial charge in [-0.2, -0.15) is 0 Å². The van der Waals surface area contributed by atoms with E-state index in [1.54, 1.807) is 0 Å². The van der Waals surface area contributed by atoms with E-state index in [0.29, 0.717) is 5.92 Å². The molecule has 1 aromatic rings. The molecule has 0 radical (unpaired) electrons. The molecule has 1 aromatic carbocycles. The minimum atomic E-state index is -0.429. The summed E-state index contributed by atoms with van der Waals surface area (Å²) in [6.07, 6.45) is 11.7. The SMILES string of the molecule is CCCC(O)(CCNCCCc1ccccc1)C1CCCCC1. The number of hydrogen-bond acceptors (Lipinski definition) is 2. The summed E-state index contributed by atoms with van der Waals surface area (Å²) >= 11 is 0. The van der Waals surface area contributed by atoms with Gasteiger partial charge in [0.2, 0.25) is 0 Å². The first kappa shape index (κ1) is 18.5. The van der Waals surface area contributed by atoms with Gasteiger partial charge in [0.15, 0.2) is 0 Å². The van der Waals surface area contributed by atoms with E-state index in [0.717, 1.165) is 38.8 Å². The smallest absolute Gasteiger partial charge is 0.0687 e. The van der Waals surface area contributed by atoms with Crippen LogP contribution in [-0.4, -0.2) is 23.8 Å². The molecule has 23 heavy (non-hydrogen) atoms. The standard InChI is InChI=1S/C21H35NO/c1-2-15-21(23,20-13-7-4-8-14-20)16-18-22-17-9-12-19-10-5-3-6-11-19/h3,5-6,10-11,20,22-23H,2,4,7-9,12-18H2,1H3. The van der Waals surface area contributed by atoms with Gasteiger partial charge < -0.3 is 10.4 Å². The molecule has 1 aliphatic carbocycles. The molecule has 0 amide bonds. The summed E-state index contributed by atoms with van der Waals surface area (Å²) in [5.74, 6) is 0.530. The van der Waals surface area contributed by atoms with Gasteiger partial charge >= 0.3 is 0 Å². The minimum absolute atomic E-state index is 0.429. The molecule has 1 aliphatic rings. The zero-order valence-electron chi connectivity index (χ0n) is 14.9. The zero-order chi connectivity index (χ0) is 16.4. The average Bonchev–Trinajstić information content (AvgIpc) is 2.60. The lowest BCUT2D eigenvalue weighted by molar-refractivity contribution is -0.0469. The lowest BCUT2D eigenvalue weighted by atomic mass is 9.73. The van der Waals surface area contributed by atoms with E-state index in [1.807, 2.05) is 0 Å². The van der Waals surface area contributed by atoms with E-state index < -0.39 is 5.60 Å². The van der Waals surface area contributed by atoms with Gasteiger partial charge in [0.05, 0.1) is 5.60 Å². The molecule has 1 unspecified atom stereocenters. The topological polar surface area (TPSA) is 32.3 Å². The Morgan fingerprint density at radius 2 is 1.78 bits per heavy atom. The molecular formula is C21H35NO. The first-order chi connectivity index (χ1) is 11.2. The highest BCUT2D eigenvalue weighted by molar-refractivity contribution is 5.14. The van der Waals surface area contributed by atoms with Crippen LogP contribution in [0.2, 0.25) is 0 Å². The second-order valence-corrected chi connectivity index (χ2v) is 7.28. The molecule has 1 atom stereocenters. The summed E-state index contributed by atoms with van der Waals surface area (Å²) in [7, 11) is 0. The van der Waals surface area contributed by atoms with Gasteiger partial charge in [0, 0.05) is 0 Å². The van der Waals surface area contributed by atoms with Gasteiger partial charge in [-0.15, -0.1) is 0 Å². The number of nitrogens with one attached hydrogen (secondary N) is 1. The Balaban J connectivity index is 1.65. The molecule has 0 aromatic heterocycles. The molecule has 2 nitrogen and oxygen atoms in total. The van der Waals surface area contributed by atoms with Crippen LogP contribution in [0.3, 0.4) is 0 Å². The third-order valence-corrected chi connectivity index (χ3v) is 5.44. The first-order valence-electron chi connectivity index (χ1n) is 9.71. The first-order valence-corrected chi connectivity index (χ1v) is 9.71. The van der Waals surface area contributed by atoms with Crippen molar-refractivity contribution in [3.05, 3.63) is 35.9 Å². The Kier molecular flexibility index (Phi) is 8.11. The third-order valence-electron chi connectivity index (χ3n) is 5.44. The highest BCUT2D eigenvalue weighted by Crippen LogP contribution is 2.37. The Hall–Kier alpha value is -0.860. The Morgan fingerprint density at radius 3 is 2.48 bits per heavy atom. The Morgan fingerprint density at radius 1 is 1.04 bits per heavy atom. The highest BCUT2D eigenvalue weighted by Gasteiger charge is 2.35. The fraction of sp³-hybridized carbons (Fsp3) is 0.714. The summed E-state index contributed by atoms with van der Waals surface area (Å²) in [5, 5.41) is 14.7. The van der Waals surface area contributed by atoms with Crippen molar-refractivity contribution in [2.75, 3.05) is 13.1 Å². The summed E-state index contributed by atoms with van der Waals surface area (Å²) in [4.78, 5) is 0. The fourth-order valence-corrected chi connectivity index (χ4v) is 4.10. The van der Waals surface area contributed by atoms with Crippen LogP contribution in [0.5, 0.6) is 0 Å². The van der Waals surface area contributed by atoms with Crippen LogP contribution in [0.15, 0.2) is 30.3 Å². The molecular weight excluding hydrogens is 282 g/mol. The predicted octanol–water partition coefficient (Wildman–Crippen LogP) is 4.71.